The number of ether oxygens (including phenoxy) is 1. The topological polar surface area (TPSA) is 63.2 Å². The summed E-state index contributed by atoms with van der Waals surface area (Å²) in [6.07, 6.45) is 3.60. The van der Waals surface area contributed by atoms with Gasteiger partial charge in [-0.2, -0.15) is 0 Å². The van der Waals surface area contributed by atoms with Gasteiger partial charge >= 0.3 is 0 Å². The van der Waals surface area contributed by atoms with Crippen LogP contribution in [0.4, 0.5) is 5.82 Å². The van der Waals surface area contributed by atoms with E-state index in [-0.39, 0.29) is 0 Å². The number of pyridine rings is 1. The van der Waals surface area contributed by atoms with Crippen molar-refractivity contribution < 1.29 is 4.74 Å². The summed E-state index contributed by atoms with van der Waals surface area (Å²) in [5, 5.41) is 3.78. The van der Waals surface area contributed by atoms with Gasteiger partial charge in [0.05, 0.1) is 19.8 Å². The monoisotopic (exact) mass is 319 g/mol. The van der Waals surface area contributed by atoms with Gasteiger partial charge < -0.3 is 15.0 Å². The largest absolute Gasteiger partial charge is 0.378 e. The van der Waals surface area contributed by atoms with Crippen LogP contribution in [0.1, 0.15) is 11.4 Å². The first kappa shape index (κ1) is 15.1. The summed E-state index contributed by atoms with van der Waals surface area (Å²) in [5.41, 5.74) is 1.12. The third-order valence-corrected chi connectivity index (χ3v) is 3.59. The lowest BCUT2D eigenvalue weighted by Crippen LogP contribution is -2.37. The fourth-order valence-electron chi connectivity index (χ4n) is 2.31. The zero-order valence-electron chi connectivity index (χ0n) is 12.2. The Morgan fingerprint density at radius 3 is 2.86 bits per heavy atom. The van der Waals surface area contributed by atoms with Crippen molar-refractivity contribution in [3.8, 4) is 0 Å². The maximum Gasteiger partial charge on any atom is 0.146 e. The molecule has 0 aliphatic carbocycles. The molecule has 1 aliphatic heterocycles. The summed E-state index contributed by atoms with van der Waals surface area (Å²) < 4.78 is 5.36. The molecule has 22 heavy (non-hydrogen) atoms. The van der Waals surface area contributed by atoms with E-state index in [0.29, 0.717) is 17.5 Å². The van der Waals surface area contributed by atoms with Crippen molar-refractivity contribution in [3.63, 3.8) is 0 Å². The lowest BCUT2D eigenvalue weighted by atomic mass is 10.3. The van der Waals surface area contributed by atoms with Crippen LogP contribution in [0, 0.1) is 0 Å². The number of nitrogens with zero attached hydrogens (tertiary/aromatic N) is 4. The Morgan fingerprint density at radius 1 is 1.23 bits per heavy atom. The number of anilines is 1. The Hall–Kier alpha value is -1.76. The molecule has 3 rings (SSSR count). The Kier molecular flexibility index (Phi) is 5.15. The molecular weight excluding hydrogens is 302 g/mol. The van der Waals surface area contributed by atoms with Crippen LogP contribution in [0.15, 0.2) is 30.6 Å². The van der Waals surface area contributed by atoms with Crippen LogP contribution in [0.3, 0.4) is 0 Å². The highest BCUT2D eigenvalue weighted by atomic mass is 35.5. The third-order valence-electron chi connectivity index (χ3n) is 3.40. The van der Waals surface area contributed by atoms with Gasteiger partial charge in [-0.05, 0) is 11.6 Å². The number of hydrogen-bond acceptors (Lipinski definition) is 6. The second kappa shape index (κ2) is 7.49. The molecule has 0 amide bonds. The van der Waals surface area contributed by atoms with Crippen LogP contribution < -0.4 is 10.2 Å². The number of nitrogens with one attached hydrogen (secondary N) is 1. The van der Waals surface area contributed by atoms with Gasteiger partial charge in [0.25, 0.3) is 0 Å². The van der Waals surface area contributed by atoms with Crippen molar-refractivity contribution >= 4 is 17.4 Å². The standard InChI is InChI=1S/C15H18ClN5O/c16-13-8-15(21-4-6-22-7-5-21)20-14(19-13)11-18-10-12-2-1-3-17-9-12/h1-3,8-9,18H,4-7,10-11H2. The molecule has 3 heterocycles. The molecule has 0 saturated carbocycles. The molecule has 0 spiro atoms. The van der Waals surface area contributed by atoms with E-state index in [0.717, 1.165) is 44.2 Å². The van der Waals surface area contributed by atoms with E-state index in [2.05, 4.69) is 25.2 Å². The summed E-state index contributed by atoms with van der Waals surface area (Å²) in [7, 11) is 0. The van der Waals surface area contributed by atoms with Crippen LogP contribution in [0.2, 0.25) is 5.15 Å². The second-order valence-electron chi connectivity index (χ2n) is 5.03. The zero-order chi connectivity index (χ0) is 15.2. The third kappa shape index (κ3) is 4.13. The highest BCUT2D eigenvalue weighted by molar-refractivity contribution is 6.29. The lowest BCUT2D eigenvalue weighted by molar-refractivity contribution is 0.122. The molecule has 7 heteroatoms. The van der Waals surface area contributed by atoms with Crippen molar-refractivity contribution in [1.29, 1.82) is 0 Å². The minimum absolute atomic E-state index is 0.467. The average Bonchev–Trinajstić information content (AvgIpc) is 2.56. The van der Waals surface area contributed by atoms with Gasteiger partial charge in [0.2, 0.25) is 0 Å². The minimum atomic E-state index is 0.467. The molecule has 1 fully saturated rings. The summed E-state index contributed by atoms with van der Waals surface area (Å²) in [6.45, 7) is 4.38. The first-order valence-corrected chi connectivity index (χ1v) is 7.65. The van der Waals surface area contributed by atoms with E-state index in [1.54, 1.807) is 12.3 Å². The molecule has 0 bridgehead atoms. The second-order valence-corrected chi connectivity index (χ2v) is 5.42. The first-order valence-electron chi connectivity index (χ1n) is 7.27. The maximum atomic E-state index is 6.12. The molecule has 0 aromatic carbocycles. The molecule has 6 nitrogen and oxygen atoms in total. The molecule has 2 aromatic heterocycles. The quantitative estimate of drug-likeness (QED) is 0.846. The molecule has 1 saturated heterocycles. The van der Waals surface area contributed by atoms with Gasteiger partial charge in [0.1, 0.15) is 16.8 Å². The summed E-state index contributed by atoms with van der Waals surface area (Å²) >= 11 is 6.12. The number of rotatable bonds is 5. The molecule has 0 atom stereocenters. The Labute approximate surface area is 134 Å². The van der Waals surface area contributed by atoms with Crippen LogP contribution in [0.25, 0.3) is 0 Å². The first-order chi connectivity index (χ1) is 10.8. The highest BCUT2D eigenvalue weighted by Gasteiger charge is 2.14. The van der Waals surface area contributed by atoms with E-state index < -0.39 is 0 Å². The Bertz CT molecular complexity index is 604. The molecule has 1 aliphatic rings. The summed E-state index contributed by atoms with van der Waals surface area (Å²) in [5.74, 6) is 1.55. The maximum absolute atomic E-state index is 6.12. The average molecular weight is 320 g/mol. The van der Waals surface area contributed by atoms with E-state index in [1.807, 2.05) is 18.3 Å². The molecule has 116 valence electrons. The van der Waals surface area contributed by atoms with Crippen molar-refractivity contribution in [1.82, 2.24) is 20.3 Å². The van der Waals surface area contributed by atoms with Gasteiger partial charge in [-0.1, -0.05) is 17.7 Å². The van der Waals surface area contributed by atoms with Gasteiger partial charge in [0.15, 0.2) is 0 Å². The number of halogens is 1. The van der Waals surface area contributed by atoms with Crippen molar-refractivity contribution in [2.75, 3.05) is 31.2 Å². The predicted octanol–water partition coefficient (Wildman–Crippen LogP) is 1.65. The van der Waals surface area contributed by atoms with Crippen LogP contribution in [-0.4, -0.2) is 41.3 Å². The molecule has 1 N–H and O–H groups in total. The van der Waals surface area contributed by atoms with E-state index in [9.17, 15) is 0 Å². The number of hydrogen-bond donors (Lipinski definition) is 1. The normalized spacial score (nSPS) is 15.0. The van der Waals surface area contributed by atoms with Crippen molar-refractivity contribution in [3.05, 3.63) is 47.1 Å². The van der Waals surface area contributed by atoms with Gasteiger partial charge in [-0.3, -0.25) is 4.98 Å². The van der Waals surface area contributed by atoms with E-state index >= 15 is 0 Å². The fraction of sp³-hybridized carbons (Fsp3) is 0.400. The van der Waals surface area contributed by atoms with Gasteiger partial charge in [-0.15, -0.1) is 0 Å². The van der Waals surface area contributed by atoms with Gasteiger partial charge in [0, 0.05) is 38.1 Å². The Balaban J connectivity index is 1.62. The smallest absolute Gasteiger partial charge is 0.146 e. The highest BCUT2D eigenvalue weighted by Crippen LogP contribution is 2.17. The van der Waals surface area contributed by atoms with E-state index in [1.165, 1.54) is 0 Å². The van der Waals surface area contributed by atoms with Crippen LogP contribution >= 0.6 is 11.6 Å². The van der Waals surface area contributed by atoms with Crippen LogP contribution in [-0.2, 0) is 17.8 Å². The molecule has 0 radical (unpaired) electrons. The zero-order valence-corrected chi connectivity index (χ0v) is 13.0. The SMILES string of the molecule is Clc1cc(N2CCOCC2)nc(CNCc2cccnc2)n1. The Morgan fingerprint density at radius 2 is 2.09 bits per heavy atom. The minimum Gasteiger partial charge on any atom is -0.378 e. The summed E-state index contributed by atoms with van der Waals surface area (Å²) in [4.78, 5) is 15.1. The molecular formula is C15H18ClN5O. The number of aromatic nitrogens is 3. The van der Waals surface area contributed by atoms with Crippen LogP contribution in [0.5, 0.6) is 0 Å². The number of morpholine rings is 1. The van der Waals surface area contributed by atoms with Gasteiger partial charge in [-0.25, -0.2) is 9.97 Å². The van der Waals surface area contributed by atoms with Crippen molar-refractivity contribution in [2.24, 2.45) is 0 Å². The molecule has 0 unspecified atom stereocenters. The predicted molar refractivity (Wildman–Crippen MR) is 84.9 cm³/mol. The fourth-order valence-corrected chi connectivity index (χ4v) is 2.50. The lowest BCUT2D eigenvalue weighted by Gasteiger charge is -2.28. The van der Waals surface area contributed by atoms with E-state index in [4.69, 9.17) is 16.3 Å². The summed E-state index contributed by atoms with van der Waals surface area (Å²) in [6, 6.07) is 5.75. The molecule has 2 aromatic rings. The van der Waals surface area contributed by atoms with Crippen molar-refractivity contribution in [2.45, 2.75) is 13.1 Å².